The van der Waals surface area contributed by atoms with Crippen LogP contribution >= 0.6 is 0 Å². The van der Waals surface area contributed by atoms with E-state index >= 15 is 0 Å². The van der Waals surface area contributed by atoms with Crippen LogP contribution in [0.1, 0.15) is 32.1 Å². The number of nitrogens with zero attached hydrogens (tertiary/aromatic N) is 2. The van der Waals surface area contributed by atoms with Crippen molar-refractivity contribution in [2.75, 3.05) is 12.8 Å². The first-order chi connectivity index (χ1) is 9.97. The molecule has 3 heterocycles. The van der Waals surface area contributed by atoms with Gasteiger partial charge in [0.15, 0.2) is 0 Å². The Kier molecular flexibility index (Phi) is 3.90. The molecule has 21 heavy (non-hydrogen) atoms. The average molecular weight is 310 g/mol. The van der Waals surface area contributed by atoms with Gasteiger partial charge < -0.3 is 10.6 Å². The van der Waals surface area contributed by atoms with Gasteiger partial charge in [0.25, 0.3) is 0 Å². The van der Waals surface area contributed by atoms with Crippen molar-refractivity contribution in [3.63, 3.8) is 0 Å². The number of aromatic nitrogens is 1. The van der Waals surface area contributed by atoms with Crippen LogP contribution in [0, 0.1) is 0 Å². The summed E-state index contributed by atoms with van der Waals surface area (Å²) in [5.74, 6) is 0.0538. The predicted molar refractivity (Wildman–Crippen MR) is 81.2 cm³/mol. The Morgan fingerprint density at radius 3 is 2.62 bits per heavy atom. The van der Waals surface area contributed by atoms with Crippen LogP contribution in [-0.4, -0.2) is 43.5 Å². The van der Waals surface area contributed by atoms with Gasteiger partial charge in [-0.05, 0) is 44.9 Å². The highest BCUT2D eigenvalue weighted by Gasteiger charge is 2.37. The van der Waals surface area contributed by atoms with Gasteiger partial charge in [-0.1, -0.05) is 6.42 Å². The minimum Gasteiger partial charge on any atom is -0.383 e. The quantitative estimate of drug-likeness (QED) is 0.868. The van der Waals surface area contributed by atoms with Gasteiger partial charge in [0.1, 0.15) is 10.7 Å². The predicted octanol–water partition coefficient (Wildman–Crippen LogP) is 0.957. The van der Waals surface area contributed by atoms with Gasteiger partial charge in [-0.25, -0.2) is 18.1 Å². The summed E-state index contributed by atoms with van der Waals surface area (Å²) in [6, 6.07) is 4.04. The van der Waals surface area contributed by atoms with Crippen LogP contribution in [0.4, 0.5) is 5.82 Å². The largest absolute Gasteiger partial charge is 0.383 e. The number of sulfonamides is 1. The molecule has 2 aliphatic rings. The third kappa shape index (κ3) is 2.90. The molecule has 2 atom stereocenters. The Balaban J connectivity index is 1.76. The number of fused-ring (bicyclic) bond motifs is 2. The van der Waals surface area contributed by atoms with Crippen LogP contribution in [-0.2, 0) is 10.0 Å². The summed E-state index contributed by atoms with van der Waals surface area (Å²) in [7, 11) is -1.44. The van der Waals surface area contributed by atoms with Crippen LogP contribution in [0.2, 0.25) is 0 Å². The number of hydrogen-bond donors (Lipinski definition) is 2. The van der Waals surface area contributed by atoms with Gasteiger partial charge in [0, 0.05) is 24.3 Å². The lowest BCUT2D eigenvalue weighted by Crippen LogP contribution is -2.55. The second-order valence-electron chi connectivity index (χ2n) is 6.08. The molecule has 2 fully saturated rings. The average Bonchev–Trinajstić information content (AvgIpc) is 2.40. The van der Waals surface area contributed by atoms with E-state index in [9.17, 15) is 8.42 Å². The maximum Gasteiger partial charge on any atom is 0.244 e. The molecule has 0 radical (unpaired) electrons. The minimum absolute atomic E-state index is 0.0129. The Morgan fingerprint density at radius 1 is 1.33 bits per heavy atom. The van der Waals surface area contributed by atoms with E-state index in [1.54, 1.807) is 6.07 Å². The van der Waals surface area contributed by atoms with E-state index in [1.165, 1.54) is 18.7 Å². The third-order valence-electron chi connectivity index (χ3n) is 4.75. The summed E-state index contributed by atoms with van der Waals surface area (Å²) in [5, 5.41) is 0. The summed E-state index contributed by atoms with van der Waals surface area (Å²) in [4.78, 5) is 6.35. The first-order valence-corrected chi connectivity index (χ1v) is 8.90. The zero-order valence-electron chi connectivity index (χ0n) is 12.2. The van der Waals surface area contributed by atoms with E-state index in [2.05, 4.69) is 21.7 Å². The summed E-state index contributed by atoms with van der Waals surface area (Å²) in [5.41, 5.74) is 5.69. The van der Waals surface area contributed by atoms with Gasteiger partial charge in [0.05, 0.1) is 0 Å². The van der Waals surface area contributed by atoms with E-state index in [0.29, 0.717) is 12.1 Å². The maximum atomic E-state index is 12.5. The van der Waals surface area contributed by atoms with Crippen molar-refractivity contribution in [3.8, 4) is 0 Å². The molecular formula is C14H22N4O2S. The molecule has 6 nitrogen and oxygen atoms in total. The van der Waals surface area contributed by atoms with Crippen LogP contribution in [0.5, 0.6) is 0 Å². The number of nitrogen functional groups attached to an aromatic ring is 1. The molecule has 3 N–H and O–H groups in total. The second kappa shape index (κ2) is 5.55. The molecule has 7 heteroatoms. The van der Waals surface area contributed by atoms with Gasteiger partial charge in [-0.2, -0.15) is 0 Å². The molecule has 0 aromatic carbocycles. The van der Waals surface area contributed by atoms with Crippen molar-refractivity contribution in [3.05, 3.63) is 18.3 Å². The standard InChI is InChI=1S/C14H22N4O2S/c1-18-11-4-2-5-12(18)9-10(8-11)17-21(19,20)13-6-3-7-16-14(13)15/h3,6-7,10-12,17H,2,4-5,8-9H2,1H3,(H2,15,16). The second-order valence-corrected chi connectivity index (χ2v) is 7.76. The van der Waals surface area contributed by atoms with Crippen LogP contribution in [0.15, 0.2) is 23.2 Å². The fourth-order valence-corrected chi connectivity index (χ4v) is 4.97. The molecule has 1 aromatic rings. The van der Waals surface area contributed by atoms with Crippen molar-refractivity contribution in [1.29, 1.82) is 0 Å². The topological polar surface area (TPSA) is 88.3 Å². The number of rotatable bonds is 3. The Bertz CT molecular complexity index is 605. The van der Waals surface area contributed by atoms with Crippen molar-refractivity contribution in [2.45, 2.75) is 55.1 Å². The monoisotopic (exact) mass is 310 g/mol. The lowest BCUT2D eigenvalue weighted by atomic mass is 9.83. The highest BCUT2D eigenvalue weighted by molar-refractivity contribution is 7.89. The highest BCUT2D eigenvalue weighted by atomic mass is 32.2. The molecule has 2 aliphatic heterocycles. The summed E-state index contributed by atoms with van der Waals surface area (Å²) in [6.07, 6.45) is 6.78. The van der Waals surface area contributed by atoms with Crippen molar-refractivity contribution in [1.82, 2.24) is 14.6 Å². The molecule has 0 saturated carbocycles. The fraction of sp³-hybridized carbons (Fsp3) is 0.643. The minimum atomic E-state index is -3.60. The van der Waals surface area contributed by atoms with Crippen molar-refractivity contribution >= 4 is 15.8 Å². The van der Waals surface area contributed by atoms with E-state index in [1.807, 2.05) is 0 Å². The maximum absolute atomic E-state index is 12.5. The SMILES string of the molecule is CN1C2CCCC1CC(NS(=O)(=O)c1cccnc1N)C2. The van der Waals surface area contributed by atoms with Gasteiger partial charge in [-0.3, -0.25) is 0 Å². The Hall–Kier alpha value is -1.18. The third-order valence-corrected chi connectivity index (χ3v) is 6.32. The van der Waals surface area contributed by atoms with Crippen LogP contribution in [0.25, 0.3) is 0 Å². The van der Waals surface area contributed by atoms with E-state index in [4.69, 9.17) is 5.73 Å². The zero-order chi connectivity index (χ0) is 15.0. The number of pyridine rings is 1. The van der Waals surface area contributed by atoms with Crippen molar-refractivity contribution < 1.29 is 8.42 Å². The Morgan fingerprint density at radius 2 is 2.00 bits per heavy atom. The lowest BCUT2D eigenvalue weighted by molar-refractivity contribution is 0.0536. The van der Waals surface area contributed by atoms with Gasteiger partial charge in [0.2, 0.25) is 10.0 Å². The number of anilines is 1. The molecular weight excluding hydrogens is 288 g/mol. The lowest BCUT2D eigenvalue weighted by Gasteiger charge is -2.47. The number of piperidine rings is 2. The molecule has 3 rings (SSSR count). The summed E-state index contributed by atoms with van der Waals surface area (Å²) in [6.45, 7) is 0. The number of hydrogen-bond acceptors (Lipinski definition) is 5. The van der Waals surface area contributed by atoms with Crippen LogP contribution < -0.4 is 10.5 Å². The van der Waals surface area contributed by atoms with Crippen molar-refractivity contribution in [2.24, 2.45) is 0 Å². The number of nitrogens with two attached hydrogens (primary N) is 1. The summed E-state index contributed by atoms with van der Waals surface area (Å²) >= 11 is 0. The molecule has 0 aliphatic carbocycles. The van der Waals surface area contributed by atoms with E-state index < -0.39 is 10.0 Å². The molecule has 2 unspecified atom stereocenters. The zero-order valence-corrected chi connectivity index (χ0v) is 13.0. The van der Waals surface area contributed by atoms with E-state index in [-0.39, 0.29) is 16.8 Å². The van der Waals surface area contributed by atoms with Gasteiger partial charge in [-0.15, -0.1) is 0 Å². The van der Waals surface area contributed by atoms with E-state index in [0.717, 1.165) is 25.7 Å². The first kappa shape index (κ1) is 14.7. The molecule has 0 spiro atoms. The number of nitrogens with one attached hydrogen (secondary N) is 1. The molecule has 2 saturated heterocycles. The smallest absolute Gasteiger partial charge is 0.244 e. The molecule has 2 bridgehead atoms. The Labute approximate surface area is 125 Å². The molecule has 116 valence electrons. The van der Waals surface area contributed by atoms with Gasteiger partial charge >= 0.3 is 0 Å². The summed E-state index contributed by atoms with van der Waals surface area (Å²) < 4.78 is 27.8. The fourth-order valence-electron chi connectivity index (χ4n) is 3.62. The normalized spacial score (nSPS) is 30.2. The molecule has 0 amide bonds. The molecule has 1 aromatic heterocycles. The first-order valence-electron chi connectivity index (χ1n) is 7.42. The highest BCUT2D eigenvalue weighted by Crippen LogP contribution is 2.33. The van der Waals surface area contributed by atoms with Crippen LogP contribution in [0.3, 0.4) is 0 Å².